The number of rotatable bonds is 9. The lowest BCUT2D eigenvalue weighted by molar-refractivity contribution is 0.336. The smallest absolute Gasteiger partial charge is 0.183 e. The van der Waals surface area contributed by atoms with Crippen LogP contribution in [0, 0.1) is 0 Å². The molecule has 2 rings (SSSR count). The fraction of sp³-hybridized carbons (Fsp3) is 0.882. The zero-order valence-corrected chi connectivity index (χ0v) is 13.9. The first-order chi connectivity index (χ1) is 10.4. The van der Waals surface area contributed by atoms with Gasteiger partial charge in [-0.15, -0.1) is 0 Å². The molecule has 0 aromatic carbocycles. The van der Waals surface area contributed by atoms with Gasteiger partial charge in [0.1, 0.15) is 13.2 Å². The third kappa shape index (κ3) is 9.48. The molecule has 0 spiro atoms. The van der Waals surface area contributed by atoms with E-state index >= 15 is 0 Å². The van der Waals surface area contributed by atoms with Crippen molar-refractivity contribution in [1.82, 2.24) is 0 Å². The Balaban J connectivity index is 0.000000211. The lowest BCUT2D eigenvalue weighted by Gasteiger charge is -1.99. The second-order valence-corrected chi connectivity index (χ2v) is 5.52. The van der Waals surface area contributed by atoms with Gasteiger partial charge in [-0.05, 0) is 12.8 Å². The Bertz CT molecular complexity index is 314. The molecule has 0 atom stereocenters. The highest BCUT2D eigenvalue weighted by Gasteiger charge is 2.05. The van der Waals surface area contributed by atoms with Crippen LogP contribution in [-0.4, -0.2) is 38.1 Å². The highest BCUT2D eigenvalue weighted by molar-refractivity contribution is 5.77. The van der Waals surface area contributed by atoms with Gasteiger partial charge in [0.15, 0.2) is 11.8 Å². The van der Waals surface area contributed by atoms with Gasteiger partial charge < -0.3 is 9.47 Å². The van der Waals surface area contributed by atoms with Crippen molar-refractivity contribution >= 4 is 11.8 Å². The Morgan fingerprint density at radius 1 is 0.714 bits per heavy atom. The van der Waals surface area contributed by atoms with Gasteiger partial charge in [-0.25, -0.2) is 0 Å². The van der Waals surface area contributed by atoms with Crippen LogP contribution < -0.4 is 0 Å². The normalized spacial score (nSPS) is 16.5. The van der Waals surface area contributed by atoms with Gasteiger partial charge >= 0.3 is 0 Å². The van der Waals surface area contributed by atoms with Crippen LogP contribution in [0.25, 0.3) is 0 Å². The average molecular weight is 296 g/mol. The van der Waals surface area contributed by atoms with Crippen molar-refractivity contribution in [3.05, 3.63) is 0 Å². The molecule has 2 heterocycles. The molecule has 0 bridgehead atoms. The number of nitrogens with zero attached hydrogens (tertiary/aromatic N) is 2. The first-order valence-corrected chi connectivity index (χ1v) is 8.69. The summed E-state index contributed by atoms with van der Waals surface area (Å²) in [6.07, 6.45) is 11.1. The number of ether oxygens (including phenoxy) is 2. The molecule has 0 saturated carbocycles. The summed E-state index contributed by atoms with van der Waals surface area (Å²) in [6.45, 7) is 7.80. The fourth-order valence-electron chi connectivity index (χ4n) is 2.29. The zero-order chi connectivity index (χ0) is 15.2. The van der Waals surface area contributed by atoms with E-state index in [1.54, 1.807) is 0 Å². The second kappa shape index (κ2) is 12.7. The first-order valence-electron chi connectivity index (χ1n) is 8.69. The van der Waals surface area contributed by atoms with E-state index in [-0.39, 0.29) is 0 Å². The van der Waals surface area contributed by atoms with E-state index in [1.165, 1.54) is 44.9 Å². The SMILES string of the molecule is CCCCCC1=NCCO1.CCCCCCC1=NCCO1. The Hall–Kier alpha value is -1.06. The van der Waals surface area contributed by atoms with E-state index in [0.29, 0.717) is 0 Å². The minimum Gasteiger partial charge on any atom is -0.479 e. The molecule has 0 radical (unpaired) electrons. The third-order valence-electron chi connectivity index (χ3n) is 3.53. The summed E-state index contributed by atoms with van der Waals surface area (Å²) < 4.78 is 10.5. The summed E-state index contributed by atoms with van der Waals surface area (Å²) in [6, 6.07) is 0. The lowest BCUT2D eigenvalue weighted by atomic mass is 10.1. The van der Waals surface area contributed by atoms with Crippen LogP contribution in [0.4, 0.5) is 0 Å². The Labute approximate surface area is 130 Å². The third-order valence-corrected chi connectivity index (χ3v) is 3.53. The van der Waals surface area contributed by atoms with Crippen molar-refractivity contribution in [2.24, 2.45) is 9.98 Å². The molecule has 0 aromatic rings. The predicted molar refractivity (Wildman–Crippen MR) is 89.4 cm³/mol. The van der Waals surface area contributed by atoms with Crippen LogP contribution in [0.2, 0.25) is 0 Å². The highest BCUT2D eigenvalue weighted by atomic mass is 16.5. The molecule has 0 N–H and O–H groups in total. The maximum Gasteiger partial charge on any atom is 0.183 e. The van der Waals surface area contributed by atoms with Crippen LogP contribution >= 0.6 is 0 Å². The fourth-order valence-corrected chi connectivity index (χ4v) is 2.29. The standard InChI is InChI=1S/C9H17NO.C8H15NO/c1-2-3-4-5-6-9-10-7-8-11-9;1-2-3-4-5-8-9-6-7-10-8/h2-8H2,1H3;2-7H2,1H3. The van der Waals surface area contributed by atoms with Crippen molar-refractivity contribution in [1.29, 1.82) is 0 Å². The van der Waals surface area contributed by atoms with E-state index in [2.05, 4.69) is 23.8 Å². The largest absolute Gasteiger partial charge is 0.479 e. The van der Waals surface area contributed by atoms with Gasteiger partial charge in [-0.1, -0.05) is 46.0 Å². The summed E-state index contributed by atoms with van der Waals surface area (Å²) in [7, 11) is 0. The first kappa shape index (κ1) is 18.0. The topological polar surface area (TPSA) is 43.2 Å². The van der Waals surface area contributed by atoms with Crippen LogP contribution in [0.15, 0.2) is 9.98 Å². The van der Waals surface area contributed by atoms with Gasteiger partial charge in [0.2, 0.25) is 0 Å². The van der Waals surface area contributed by atoms with Crippen molar-refractivity contribution in [2.75, 3.05) is 26.3 Å². The van der Waals surface area contributed by atoms with Crippen LogP contribution in [0.3, 0.4) is 0 Å². The van der Waals surface area contributed by atoms with E-state index < -0.39 is 0 Å². The minimum absolute atomic E-state index is 0.807. The van der Waals surface area contributed by atoms with Gasteiger partial charge in [0, 0.05) is 12.8 Å². The summed E-state index contributed by atoms with van der Waals surface area (Å²) >= 11 is 0. The van der Waals surface area contributed by atoms with Crippen LogP contribution in [0.5, 0.6) is 0 Å². The van der Waals surface area contributed by atoms with Crippen molar-refractivity contribution in [2.45, 2.75) is 71.6 Å². The zero-order valence-electron chi connectivity index (χ0n) is 13.9. The predicted octanol–water partition coefficient (Wildman–Crippen LogP) is 4.38. The summed E-state index contributed by atoms with van der Waals surface area (Å²) in [4.78, 5) is 8.43. The molecule has 0 amide bonds. The van der Waals surface area contributed by atoms with E-state index in [0.717, 1.165) is 50.9 Å². The van der Waals surface area contributed by atoms with Gasteiger partial charge in [-0.2, -0.15) is 0 Å². The van der Waals surface area contributed by atoms with Crippen LogP contribution in [0.1, 0.15) is 71.6 Å². The van der Waals surface area contributed by atoms with E-state index in [9.17, 15) is 0 Å². The van der Waals surface area contributed by atoms with Crippen molar-refractivity contribution in [3.8, 4) is 0 Å². The maximum atomic E-state index is 5.28. The minimum atomic E-state index is 0.807. The van der Waals surface area contributed by atoms with Crippen molar-refractivity contribution < 1.29 is 9.47 Å². The van der Waals surface area contributed by atoms with Gasteiger partial charge in [0.05, 0.1) is 13.1 Å². The quantitative estimate of drug-likeness (QED) is 0.593. The molecule has 0 aromatic heterocycles. The Morgan fingerprint density at radius 3 is 1.62 bits per heavy atom. The molecule has 4 nitrogen and oxygen atoms in total. The number of hydrogen-bond acceptors (Lipinski definition) is 4. The number of hydrogen-bond donors (Lipinski definition) is 0. The Kier molecular flexibility index (Phi) is 10.8. The summed E-state index contributed by atoms with van der Waals surface area (Å²) in [5.74, 6) is 1.97. The maximum absolute atomic E-state index is 5.28. The summed E-state index contributed by atoms with van der Waals surface area (Å²) in [5, 5.41) is 0. The number of unbranched alkanes of at least 4 members (excludes halogenated alkanes) is 5. The van der Waals surface area contributed by atoms with Gasteiger partial charge in [0.25, 0.3) is 0 Å². The molecule has 4 heteroatoms. The molecule has 122 valence electrons. The summed E-state index contributed by atoms with van der Waals surface area (Å²) in [5.41, 5.74) is 0. The monoisotopic (exact) mass is 296 g/mol. The lowest BCUT2D eigenvalue weighted by Crippen LogP contribution is -1.97. The molecular formula is C17H32N2O2. The molecule has 2 aliphatic heterocycles. The molecular weight excluding hydrogens is 264 g/mol. The second-order valence-electron chi connectivity index (χ2n) is 5.52. The Morgan fingerprint density at radius 2 is 1.19 bits per heavy atom. The molecule has 21 heavy (non-hydrogen) atoms. The highest BCUT2D eigenvalue weighted by Crippen LogP contribution is 2.07. The molecule has 2 aliphatic rings. The molecule has 0 unspecified atom stereocenters. The molecule has 0 fully saturated rings. The number of aliphatic imine (C=N–C) groups is 2. The van der Waals surface area contributed by atoms with Gasteiger partial charge in [-0.3, -0.25) is 9.98 Å². The molecule has 0 saturated heterocycles. The van der Waals surface area contributed by atoms with Crippen molar-refractivity contribution in [3.63, 3.8) is 0 Å². The van der Waals surface area contributed by atoms with E-state index in [1.807, 2.05) is 0 Å². The molecule has 0 aliphatic carbocycles. The van der Waals surface area contributed by atoms with Crippen LogP contribution in [-0.2, 0) is 9.47 Å². The average Bonchev–Trinajstić information content (AvgIpc) is 3.18. The van der Waals surface area contributed by atoms with E-state index in [4.69, 9.17) is 9.47 Å².